The molecule has 150 valence electrons. The second-order valence-corrected chi connectivity index (χ2v) is 9.38. The first kappa shape index (κ1) is 19.4. The van der Waals surface area contributed by atoms with Gasteiger partial charge in [0.25, 0.3) is 15.9 Å². The van der Waals surface area contributed by atoms with E-state index in [-0.39, 0.29) is 15.1 Å². The Morgan fingerprint density at radius 1 is 1.38 bits per heavy atom. The molecule has 1 aromatic carbocycles. The maximum absolute atomic E-state index is 12.8. The Kier molecular flexibility index (Phi) is 4.99. The Bertz CT molecular complexity index is 1230. The van der Waals surface area contributed by atoms with E-state index in [0.717, 1.165) is 16.9 Å². The quantitative estimate of drug-likeness (QED) is 0.651. The summed E-state index contributed by atoms with van der Waals surface area (Å²) in [5.74, 6) is -0.256. The Labute approximate surface area is 171 Å². The number of amides is 1. The van der Waals surface area contributed by atoms with Crippen LogP contribution in [0.1, 0.15) is 20.8 Å². The van der Waals surface area contributed by atoms with Gasteiger partial charge < -0.3 is 14.6 Å². The van der Waals surface area contributed by atoms with Crippen LogP contribution in [0.25, 0.3) is 10.9 Å². The molecule has 0 radical (unpaired) electrons. The third kappa shape index (κ3) is 3.57. The molecule has 1 amide bonds. The number of morpholine rings is 1. The van der Waals surface area contributed by atoms with Crippen molar-refractivity contribution in [3.63, 3.8) is 0 Å². The number of anilines is 1. The van der Waals surface area contributed by atoms with Gasteiger partial charge in [-0.25, -0.2) is 4.98 Å². The lowest BCUT2D eigenvalue weighted by Gasteiger charge is -2.26. The van der Waals surface area contributed by atoms with Gasteiger partial charge in [0, 0.05) is 24.7 Å². The zero-order valence-corrected chi connectivity index (χ0v) is 17.1. The zero-order valence-electron chi connectivity index (χ0n) is 15.4. The highest BCUT2D eigenvalue weighted by atomic mass is 32.2. The highest BCUT2D eigenvalue weighted by Gasteiger charge is 2.26. The summed E-state index contributed by atoms with van der Waals surface area (Å²) in [5.41, 5.74) is 2.12. The molecule has 1 fully saturated rings. The number of H-pyrrole nitrogens is 1. The van der Waals surface area contributed by atoms with Gasteiger partial charge in [0.2, 0.25) is 4.34 Å². The molecule has 0 bridgehead atoms. The maximum Gasteiger partial charge on any atom is 0.289 e. The Morgan fingerprint density at radius 2 is 2.14 bits per heavy atom. The molecule has 4 rings (SSSR count). The van der Waals surface area contributed by atoms with E-state index >= 15 is 0 Å². The molecule has 0 atom stereocenters. The molecular weight excluding hydrogens is 414 g/mol. The molecule has 3 heterocycles. The van der Waals surface area contributed by atoms with Gasteiger partial charge in [0.15, 0.2) is 0 Å². The van der Waals surface area contributed by atoms with E-state index in [0.29, 0.717) is 48.5 Å². The monoisotopic (exact) mass is 431 g/mol. The van der Waals surface area contributed by atoms with E-state index in [1.807, 2.05) is 6.92 Å². The van der Waals surface area contributed by atoms with Gasteiger partial charge in [-0.2, -0.15) is 13.7 Å². The van der Waals surface area contributed by atoms with E-state index < -0.39 is 10.0 Å². The number of nitriles is 1. The molecule has 29 heavy (non-hydrogen) atoms. The van der Waals surface area contributed by atoms with Gasteiger partial charge in [0.1, 0.15) is 10.9 Å². The van der Waals surface area contributed by atoms with Crippen LogP contribution in [-0.4, -0.2) is 55.5 Å². The molecule has 1 aliphatic rings. The van der Waals surface area contributed by atoms with Gasteiger partial charge in [-0.3, -0.25) is 9.52 Å². The van der Waals surface area contributed by atoms with E-state index in [1.165, 1.54) is 12.4 Å². The summed E-state index contributed by atoms with van der Waals surface area (Å²) in [4.78, 5) is 21.3. The number of fused-ring (bicyclic) bond motifs is 1. The standard InChI is InChI=1S/C18H17N5O4S2/c1-11-2-3-13(16-15(11)12(8-19)9-20-16)22-29(25,26)18-21-10-14(28-18)17(24)23-4-6-27-7-5-23/h2-3,9-10,20,22H,4-7H2,1H3. The topological polar surface area (TPSA) is 128 Å². The third-order valence-corrected chi connectivity index (χ3v) is 7.37. The van der Waals surface area contributed by atoms with Crippen molar-refractivity contribution in [2.75, 3.05) is 31.0 Å². The number of aromatic amines is 1. The van der Waals surface area contributed by atoms with Crippen molar-refractivity contribution < 1.29 is 17.9 Å². The molecule has 9 nitrogen and oxygen atoms in total. The van der Waals surface area contributed by atoms with E-state index in [4.69, 9.17) is 4.74 Å². The number of nitrogens with zero attached hydrogens (tertiary/aromatic N) is 3. The smallest absolute Gasteiger partial charge is 0.289 e. The molecule has 2 N–H and O–H groups in total. The van der Waals surface area contributed by atoms with E-state index in [2.05, 4.69) is 20.8 Å². The average molecular weight is 431 g/mol. The highest BCUT2D eigenvalue weighted by Crippen LogP contribution is 2.30. The van der Waals surface area contributed by atoms with Crippen molar-refractivity contribution in [1.29, 1.82) is 5.26 Å². The molecule has 1 saturated heterocycles. The fourth-order valence-electron chi connectivity index (χ4n) is 3.19. The van der Waals surface area contributed by atoms with Crippen LogP contribution in [0.15, 0.2) is 28.9 Å². The molecule has 1 aliphatic heterocycles. The summed E-state index contributed by atoms with van der Waals surface area (Å²) in [6.07, 6.45) is 2.82. The van der Waals surface area contributed by atoms with Gasteiger partial charge in [-0.05, 0) is 18.6 Å². The minimum absolute atomic E-state index is 0.199. The summed E-state index contributed by atoms with van der Waals surface area (Å²) in [6.45, 7) is 3.70. The largest absolute Gasteiger partial charge is 0.378 e. The number of thiazole rings is 1. The first-order chi connectivity index (χ1) is 13.9. The Balaban J connectivity index is 1.62. The lowest BCUT2D eigenvalue weighted by atomic mass is 10.1. The van der Waals surface area contributed by atoms with E-state index in [1.54, 1.807) is 17.0 Å². The SMILES string of the molecule is Cc1ccc(NS(=O)(=O)c2ncc(C(=O)N3CCOCC3)s2)c2[nH]cc(C#N)c12. The first-order valence-electron chi connectivity index (χ1n) is 8.77. The number of carbonyl (C=O) groups excluding carboxylic acids is 1. The Hall–Kier alpha value is -2.94. The number of hydrogen-bond donors (Lipinski definition) is 2. The van der Waals surface area contributed by atoms with Crippen molar-refractivity contribution in [1.82, 2.24) is 14.9 Å². The number of nitrogens with one attached hydrogen (secondary N) is 2. The number of hydrogen-bond acceptors (Lipinski definition) is 7. The lowest BCUT2D eigenvalue weighted by Crippen LogP contribution is -2.40. The molecule has 0 unspecified atom stereocenters. The van der Waals surface area contributed by atoms with Crippen LogP contribution < -0.4 is 4.72 Å². The number of sulfonamides is 1. The maximum atomic E-state index is 12.8. The van der Waals surface area contributed by atoms with Crippen LogP contribution >= 0.6 is 11.3 Å². The summed E-state index contributed by atoms with van der Waals surface area (Å²) < 4.78 is 33.2. The summed E-state index contributed by atoms with van der Waals surface area (Å²) in [5, 5.41) is 9.91. The molecule has 0 spiro atoms. The van der Waals surface area contributed by atoms with Gasteiger partial charge in [-0.1, -0.05) is 17.4 Å². The molecule has 3 aromatic rings. The number of aromatic nitrogens is 2. The van der Waals surface area contributed by atoms with Gasteiger partial charge in [0.05, 0.1) is 36.2 Å². The lowest BCUT2D eigenvalue weighted by molar-refractivity contribution is 0.0306. The van der Waals surface area contributed by atoms with Gasteiger partial charge in [-0.15, -0.1) is 0 Å². The highest BCUT2D eigenvalue weighted by molar-refractivity contribution is 7.94. The number of rotatable bonds is 4. The molecule has 0 aliphatic carbocycles. The van der Waals surface area contributed by atoms with Crippen molar-refractivity contribution in [3.05, 3.63) is 40.5 Å². The minimum Gasteiger partial charge on any atom is -0.378 e. The number of benzene rings is 1. The summed E-state index contributed by atoms with van der Waals surface area (Å²) >= 11 is 0.823. The number of aryl methyl sites for hydroxylation is 1. The average Bonchev–Trinajstić information content (AvgIpc) is 3.38. The van der Waals surface area contributed by atoms with Crippen molar-refractivity contribution in [2.45, 2.75) is 11.3 Å². The fourth-order valence-corrected chi connectivity index (χ4v) is 5.37. The summed E-state index contributed by atoms with van der Waals surface area (Å²) in [7, 11) is -4.00. The number of carbonyl (C=O) groups is 1. The molecule has 2 aromatic heterocycles. The third-order valence-electron chi connectivity index (χ3n) is 4.63. The van der Waals surface area contributed by atoms with E-state index in [9.17, 15) is 18.5 Å². The predicted octanol–water partition coefficient (Wildman–Crippen LogP) is 2.08. The molecule has 11 heteroatoms. The van der Waals surface area contributed by atoms with Crippen molar-refractivity contribution >= 4 is 43.9 Å². The van der Waals surface area contributed by atoms with Crippen LogP contribution in [-0.2, 0) is 14.8 Å². The molecular formula is C18H17N5O4S2. The minimum atomic E-state index is -4.00. The van der Waals surface area contributed by atoms with Crippen molar-refractivity contribution in [2.24, 2.45) is 0 Å². The molecule has 0 saturated carbocycles. The zero-order chi connectivity index (χ0) is 20.6. The Morgan fingerprint density at radius 3 is 2.86 bits per heavy atom. The van der Waals surface area contributed by atoms with Crippen LogP contribution in [0.2, 0.25) is 0 Å². The second kappa shape index (κ2) is 7.47. The second-order valence-electron chi connectivity index (χ2n) is 6.49. The summed E-state index contributed by atoms with van der Waals surface area (Å²) in [6, 6.07) is 5.46. The van der Waals surface area contributed by atoms with Gasteiger partial charge >= 0.3 is 0 Å². The van der Waals surface area contributed by atoms with Crippen LogP contribution in [0, 0.1) is 18.3 Å². The normalized spacial score (nSPS) is 14.7. The van der Waals surface area contributed by atoms with Crippen LogP contribution in [0.5, 0.6) is 0 Å². The van der Waals surface area contributed by atoms with Crippen LogP contribution in [0.3, 0.4) is 0 Å². The first-order valence-corrected chi connectivity index (χ1v) is 11.1. The van der Waals surface area contributed by atoms with Crippen molar-refractivity contribution in [3.8, 4) is 6.07 Å². The van der Waals surface area contributed by atoms with Crippen LogP contribution in [0.4, 0.5) is 5.69 Å². The predicted molar refractivity (Wildman–Crippen MR) is 107 cm³/mol. The number of ether oxygens (including phenoxy) is 1. The fraction of sp³-hybridized carbons (Fsp3) is 0.278.